The molecule has 0 aromatic heterocycles. The lowest BCUT2D eigenvalue weighted by Gasteiger charge is -2.27. The Morgan fingerprint density at radius 3 is 2.50 bits per heavy atom. The van der Waals surface area contributed by atoms with E-state index in [4.69, 9.17) is 4.74 Å². The van der Waals surface area contributed by atoms with Gasteiger partial charge < -0.3 is 25.6 Å². The molecule has 1 unspecified atom stereocenters. The number of aliphatic imine (C=N–C) groups is 1. The number of benzene rings is 1. The number of nitrogens with zero attached hydrogens (tertiary/aromatic N) is 2. The smallest absolute Gasteiger partial charge is 0.408 e. The molecule has 1 fully saturated rings. The van der Waals surface area contributed by atoms with Gasteiger partial charge in [-0.15, -0.1) is 0 Å². The highest BCUT2D eigenvalue weighted by atomic mass is 16.6. The fourth-order valence-electron chi connectivity index (χ4n) is 3.35. The monoisotopic (exact) mass is 417 g/mol. The number of hydrogen-bond donors (Lipinski definition) is 3. The van der Waals surface area contributed by atoms with Crippen molar-refractivity contribution in [1.82, 2.24) is 16.0 Å². The Morgan fingerprint density at radius 2 is 1.87 bits per heavy atom. The molecule has 7 nitrogen and oxygen atoms in total. The van der Waals surface area contributed by atoms with Crippen LogP contribution in [-0.4, -0.2) is 55.9 Å². The van der Waals surface area contributed by atoms with Crippen molar-refractivity contribution in [2.45, 2.75) is 59.1 Å². The summed E-state index contributed by atoms with van der Waals surface area (Å²) < 4.78 is 5.35. The van der Waals surface area contributed by atoms with Gasteiger partial charge in [-0.2, -0.15) is 0 Å². The number of ether oxygens (including phenoxy) is 1. The first-order valence-corrected chi connectivity index (χ1v) is 10.9. The van der Waals surface area contributed by atoms with E-state index >= 15 is 0 Å². The van der Waals surface area contributed by atoms with Gasteiger partial charge in [0.2, 0.25) is 0 Å². The van der Waals surface area contributed by atoms with Crippen molar-refractivity contribution in [2.24, 2.45) is 10.9 Å². The van der Waals surface area contributed by atoms with Gasteiger partial charge in [0.25, 0.3) is 0 Å². The Kier molecular flexibility index (Phi) is 8.38. The molecule has 168 valence electrons. The van der Waals surface area contributed by atoms with Crippen LogP contribution in [0.2, 0.25) is 0 Å². The molecule has 7 heteroatoms. The van der Waals surface area contributed by atoms with Crippen LogP contribution in [0.15, 0.2) is 35.3 Å². The largest absolute Gasteiger partial charge is 0.444 e. The number of nitrogens with one attached hydrogen (secondary N) is 3. The number of guanidine groups is 1. The highest BCUT2D eigenvalue weighted by Gasteiger charge is 2.25. The van der Waals surface area contributed by atoms with E-state index in [1.807, 2.05) is 41.5 Å². The predicted octanol–water partition coefficient (Wildman–Crippen LogP) is 3.37. The fraction of sp³-hybridized carbons (Fsp3) is 0.652. The van der Waals surface area contributed by atoms with Crippen LogP contribution >= 0.6 is 0 Å². The lowest BCUT2D eigenvalue weighted by Crippen LogP contribution is -2.49. The summed E-state index contributed by atoms with van der Waals surface area (Å²) >= 11 is 0. The SMILES string of the molecule is CCNC(=NCC(C)(C)NC(=O)OC(C)(C)C)NCC1CCN(c2ccccc2)C1. The van der Waals surface area contributed by atoms with Crippen LogP contribution in [0, 0.1) is 5.92 Å². The van der Waals surface area contributed by atoms with E-state index in [2.05, 4.69) is 56.2 Å². The van der Waals surface area contributed by atoms with Crippen molar-refractivity contribution in [2.75, 3.05) is 37.6 Å². The number of amides is 1. The van der Waals surface area contributed by atoms with Gasteiger partial charge in [0.1, 0.15) is 5.60 Å². The standard InChI is InChI=1S/C23H39N5O2/c1-7-24-20(26-17-23(5,6)27-21(29)30-22(2,3)4)25-15-18-13-14-28(16-18)19-11-9-8-10-12-19/h8-12,18H,7,13-17H2,1-6H3,(H,27,29)(H2,24,25,26). The van der Waals surface area contributed by atoms with Crippen molar-refractivity contribution in [1.29, 1.82) is 0 Å². The summed E-state index contributed by atoms with van der Waals surface area (Å²) in [6.07, 6.45) is 0.736. The molecule has 1 aliphatic heterocycles. The Labute approximate surface area is 181 Å². The third-order valence-corrected chi connectivity index (χ3v) is 4.78. The fourth-order valence-corrected chi connectivity index (χ4v) is 3.35. The quantitative estimate of drug-likeness (QED) is 0.468. The molecule has 0 bridgehead atoms. The molecular formula is C23H39N5O2. The molecule has 1 atom stereocenters. The summed E-state index contributed by atoms with van der Waals surface area (Å²) in [5.74, 6) is 1.34. The zero-order valence-corrected chi connectivity index (χ0v) is 19.4. The lowest BCUT2D eigenvalue weighted by atomic mass is 10.1. The van der Waals surface area contributed by atoms with Crippen LogP contribution in [0.4, 0.5) is 10.5 Å². The number of carbonyl (C=O) groups excluding carboxylic acids is 1. The van der Waals surface area contributed by atoms with E-state index in [-0.39, 0.29) is 0 Å². The van der Waals surface area contributed by atoms with Gasteiger partial charge in [-0.25, -0.2) is 4.79 Å². The Morgan fingerprint density at radius 1 is 1.17 bits per heavy atom. The molecule has 1 aromatic carbocycles. The molecule has 30 heavy (non-hydrogen) atoms. The number of para-hydroxylation sites is 1. The maximum atomic E-state index is 12.1. The topological polar surface area (TPSA) is 78.0 Å². The van der Waals surface area contributed by atoms with Crippen LogP contribution in [0.3, 0.4) is 0 Å². The first-order valence-electron chi connectivity index (χ1n) is 10.9. The van der Waals surface area contributed by atoms with Crippen LogP contribution in [-0.2, 0) is 4.74 Å². The summed E-state index contributed by atoms with van der Waals surface area (Å²) in [7, 11) is 0. The van der Waals surface area contributed by atoms with Gasteiger partial charge in [0, 0.05) is 31.9 Å². The number of rotatable bonds is 7. The molecule has 0 radical (unpaired) electrons. The van der Waals surface area contributed by atoms with E-state index in [1.54, 1.807) is 0 Å². The number of hydrogen-bond acceptors (Lipinski definition) is 4. The minimum absolute atomic E-state index is 0.424. The first kappa shape index (κ1) is 23.8. The van der Waals surface area contributed by atoms with Crippen molar-refractivity contribution in [3.8, 4) is 0 Å². The minimum Gasteiger partial charge on any atom is -0.444 e. The summed E-state index contributed by atoms with van der Waals surface area (Å²) in [6.45, 7) is 15.7. The second-order valence-corrected chi connectivity index (χ2v) is 9.52. The van der Waals surface area contributed by atoms with Crippen LogP contribution in [0.5, 0.6) is 0 Å². The van der Waals surface area contributed by atoms with E-state index in [9.17, 15) is 4.79 Å². The number of anilines is 1. The van der Waals surface area contributed by atoms with Crippen LogP contribution in [0.25, 0.3) is 0 Å². The molecule has 1 heterocycles. The second kappa shape index (κ2) is 10.5. The minimum atomic E-state index is -0.519. The Bertz CT molecular complexity index is 697. The van der Waals surface area contributed by atoms with Gasteiger partial charge >= 0.3 is 6.09 Å². The average molecular weight is 418 g/mol. The molecule has 2 rings (SSSR count). The zero-order chi connectivity index (χ0) is 22.2. The van der Waals surface area contributed by atoms with Crippen LogP contribution < -0.4 is 20.9 Å². The van der Waals surface area contributed by atoms with Gasteiger partial charge in [0.15, 0.2) is 5.96 Å². The third kappa shape index (κ3) is 8.51. The van der Waals surface area contributed by atoms with E-state index in [0.717, 1.165) is 38.6 Å². The average Bonchev–Trinajstić information content (AvgIpc) is 3.12. The Hall–Kier alpha value is -2.44. The molecule has 1 saturated heterocycles. The normalized spacial score (nSPS) is 17.6. The summed E-state index contributed by atoms with van der Waals surface area (Å²) in [5.41, 5.74) is 0.257. The van der Waals surface area contributed by atoms with Crippen molar-refractivity contribution < 1.29 is 9.53 Å². The molecule has 0 aliphatic carbocycles. The molecule has 1 aliphatic rings. The molecule has 3 N–H and O–H groups in total. The van der Waals surface area contributed by atoms with Gasteiger partial charge in [-0.3, -0.25) is 4.99 Å². The van der Waals surface area contributed by atoms with E-state index < -0.39 is 17.2 Å². The van der Waals surface area contributed by atoms with Gasteiger partial charge in [-0.05, 0) is 66.0 Å². The third-order valence-electron chi connectivity index (χ3n) is 4.78. The van der Waals surface area contributed by atoms with Crippen LogP contribution in [0.1, 0.15) is 48.0 Å². The number of alkyl carbamates (subject to hydrolysis) is 1. The maximum Gasteiger partial charge on any atom is 0.408 e. The summed E-state index contributed by atoms with van der Waals surface area (Å²) in [5, 5.41) is 9.66. The molecule has 0 saturated carbocycles. The van der Waals surface area contributed by atoms with Crippen molar-refractivity contribution in [3.05, 3.63) is 30.3 Å². The highest BCUT2D eigenvalue weighted by molar-refractivity contribution is 5.79. The molecule has 1 aromatic rings. The highest BCUT2D eigenvalue weighted by Crippen LogP contribution is 2.22. The molecular weight excluding hydrogens is 378 g/mol. The first-order chi connectivity index (χ1) is 14.1. The van der Waals surface area contributed by atoms with Gasteiger partial charge in [-0.1, -0.05) is 18.2 Å². The van der Waals surface area contributed by atoms with E-state index in [1.165, 1.54) is 5.69 Å². The molecule has 1 amide bonds. The predicted molar refractivity (Wildman–Crippen MR) is 124 cm³/mol. The van der Waals surface area contributed by atoms with Crippen molar-refractivity contribution >= 4 is 17.7 Å². The Balaban J connectivity index is 1.84. The molecule has 0 spiro atoms. The maximum absolute atomic E-state index is 12.1. The summed E-state index contributed by atoms with van der Waals surface area (Å²) in [6, 6.07) is 10.6. The lowest BCUT2D eigenvalue weighted by molar-refractivity contribution is 0.0476. The second-order valence-electron chi connectivity index (χ2n) is 9.52. The number of carbonyl (C=O) groups is 1. The zero-order valence-electron chi connectivity index (χ0n) is 19.4. The summed E-state index contributed by atoms with van der Waals surface area (Å²) in [4.78, 5) is 19.2. The van der Waals surface area contributed by atoms with Gasteiger partial charge in [0.05, 0.1) is 12.1 Å². The van der Waals surface area contributed by atoms with Crippen molar-refractivity contribution in [3.63, 3.8) is 0 Å². The van der Waals surface area contributed by atoms with E-state index in [0.29, 0.717) is 12.5 Å².